The summed E-state index contributed by atoms with van der Waals surface area (Å²) in [7, 11) is 1.47. The van der Waals surface area contributed by atoms with E-state index in [0.717, 1.165) is 12.0 Å². The van der Waals surface area contributed by atoms with E-state index in [2.05, 4.69) is 29.4 Å². The highest BCUT2D eigenvalue weighted by Gasteiger charge is 2.12. The molecule has 0 spiro atoms. The first-order valence-electron chi connectivity index (χ1n) is 6.28. The molecule has 1 amide bonds. The highest BCUT2D eigenvalue weighted by atomic mass is 32.1. The molecule has 0 radical (unpaired) electrons. The number of nitrogens with two attached hydrogens (primary N) is 1. The lowest BCUT2D eigenvalue weighted by molar-refractivity contribution is -0.119. The Bertz CT molecular complexity index is 593. The first-order valence-corrected chi connectivity index (χ1v) is 7.10. The fraction of sp³-hybridized carbons (Fsp3) is 0.286. The summed E-state index contributed by atoms with van der Waals surface area (Å²) in [5.74, 6) is -0.242. The summed E-state index contributed by atoms with van der Waals surface area (Å²) in [6.07, 6.45) is 0.991. The number of amides is 1. The van der Waals surface area contributed by atoms with Crippen molar-refractivity contribution in [1.29, 1.82) is 0 Å². The monoisotopic (exact) mass is 291 g/mol. The smallest absolute Gasteiger partial charge is 0.252 e. The van der Waals surface area contributed by atoms with Gasteiger partial charge in [0.05, 0.1) is 0 Å². The Morgan fingerprint density at radius 3 is 2.70 bits per heavy atom. The van der Waals surface area contributed by atoms with E-state index >= 15 is 0 Å². The largest absolute Gasteiger partial charge is 0.389 e. The van der Waals surface area contributed by atoms with Gasteiger partial charge in [0, 0.05) is 12.7 Å². The van der Waals surface area contributed by atoms with E-state index in [1.54, 1.807) is 0 Å². The number of anilines is 2. The normalized spacial score (nSPS) is 10.5. The molecule has 1 heterocycles. The number of carbonyl (C=O) groups excluding carboxylic acids is 1. The lowest BCUT2D eigenvalue weighted by Crippen LogP contribution is -2.16. The number of nitrogens with zero attached hydrogens (tertiary/aromatic N) is 1. The molecule has 106 valence electrons. The number of aryl methyl sites for hydroxylation is 1. The van der Waals surface area contributed by atoms with Crippen LogP contribution in [0.25, 0.3) is 11.3 Å². The number of hydrogen-bond acceptors (Lipinski definition) is 5. The Kier molecular flexibility index (Phi) is 4.70. The highest BCUT2D eigenvalue weighted by molar-refractivity contribution is 7.20. The number of nitrogen functional groups attached to an aromatic ring is 1. The molecule has 6 heteroatoms. The fourth-order valence-electron chi connectivity index (χ4n) is 1.78. The number of ether oxygens (including phenoxy) is 1. The number of carbonyl (C=O) groups is 1. The quantitative estimate of drug-likeness (QED) is 0.887. The van der Waals surface area contributed by atoms with Crippen molar-refractivity contribution in [3.05, 3.63) is 29.8 Å². The van der Waals surface area contributed by atoms with Crippen LogP contribution in [-0.4, -0.2) is 24.6 Å². The summed E-state index contributed by atoms with van der Waals surface area (Å²) in [5.41, 5.74) is 8.87. The van der Waals surface area contributed by atoms with E-state index in [4.69, 9.17) is 10.5 Å². The van der Waals surface area contributed by atoms with Crippen molar-refractivity contribution in [2.24, 2.45) is 0 Å². The maximum absolute atomic E-state index is 11.4. The molecule has 0 fully saturated rings. The van der Waals surface area contributed by atoms with Gasteiger partial charge in [0.15, 0.2) is 5.13 Å². The predicted molar refractivity (Wildman–Crippen MR) is 81.8 cm³/mol. The van der Waals surface area contributed by atoms with Gasteiger partial charge in [0.25, 0.3) is 5.91 Å². The molecule has 0 bridgehead atoms. The number of benzene rings is 1. The summed E-state index contributed by atoms with van der Waals surface area (Å²) in [4.78, 5) is 15.8. The minimum absolute atomic E-state index is 0.0000150. The van der Waals surface area contributed by atoms with Crippen LogP contribution in [-0.2, 0) is 16.0 Å². The molecule has 5 nitrogen and oxygen atoms in total. The van der Waals surface area contributed by atoms with Crippen LogP contribution in [0, 0.1) is 0 Å². The van der Waals surface area contributed by atoms with E-state index in [-0.39, 0.29) is 12.5 Å². The van der Waals surface area contributed by atoms with Crippen molar-refractivity contribution < 1.29 is 9.53 Å². The maximum atomic E-state index is 11.4. The molecule has 1 aromatic carbocycles. The van der Waals surface area contributed by atoms with Crippen molar-refractivity contribution in [1.82, 2.24) is 4.98 Å². The molecule has 0 aliphatic carbocycles. The van der Waals surface area contributed by atoms with Crippen LogP contribution >= 0.6 is 11.3 Å². The van der Waals surface area contributed by atoms with Crippen molar-refractivity contribution in [2.45, 2.75) is 13.3 Å². The summed E-state index contributed by atoms with van der Waals surface area (Å²) < 4.78 is 4.76. The van der Waals surface area contributed by atoms with Gasteiger partial charge >= 0.3 is 0 Å². The number of rotatable bonds is 5. The molecular weight excluding hydrogens is 274 g/mol. The lowest BCUT2D eigenvalue weighted by atomic mass is 10.1. The molecule has 2 aromatic rings. The zero-order chi connectivity index (χ0) is 14.5. The highest BCUT2D eigenvalue weighted by Crippen LogP contribution is 2.33. The first-order chi connectivity index (χ1) is 9.63. The van der Waals surface area contributed by atoms with Crippen LogP contribution in [0.1, 0.15) is 12.5 Å². The van der Waals surface area contributed by atoms with E-state index in [1.165, 1.54) is 24.0 Å². The number of aromatic nitrogens is 1. The van der Waals surface area contributed by atoms with Crippen LogP contribution in [0.4, 0.5) is 10.1 Å². The minimum Gasteiger partial charge on any atom is -0.389 e. The Balaban J connectivity index is 2.19. The van der Waals surface area contributed by atoms with Gasteiger partial charge in [-0.1, -0.05) is 42.5 Å². The summed E-state index contributed by atoms with van der Waals surface area (Å²) in [6, 6.07) is 8.09. The van der Waals surface area contributed by atoms with Crippen LogP contribution in [0.15, 0.2) is 24.3 Å². The van der Waals surface area contributed by atoms with E-state index in [9.17, 15) is 4.79 Å². The van der Waals surface area contributed by atoms with Crippen molar-refractivity contribution in [2.75, 3.05) is 24.8 Å². The number of methoxy groups -OCH3 is 1. The van der Waals surface area contributed by atoms with E-state index in [0.29, 0.717) is 15.8 Å². The standard InChI is InChI=1S/C14H17N3O2S/c1-3-9-4-6-10(7-5-9)12-13(15)20-14(17-12)16-11(18)8-19-2/h4-7H,3,8,15H2,1-2H3,(H,16,17,18). The van der Waals surface area contributed by atoms with Crippen LogP contribution in [0.3, 0.4) is 0 Å². The van der Waals surface area contributed by atoms with Crippen LogP contribution in [0.2, 0.25) is 0 Å². The molecule has 1 aromatic heterocycles. The lowest BCUT2D eigenvalue weighted by Gasteiger charge is -2.01. The van der Waals surface area contributed by atoms with Crippen LogP contribution in [0.5, 0.6) is 0 Å². The zero-order valence-corrected chi connectivity index (χ0v) is 12.3. The second-order valence-electron chi connectivity index (χ2n) is 4.26. The molecule has 0 aliphatic heterocycles. The molecule has 0 saturated carbocycles. The van der Waals surface area contributed by atoms with Crippen molar-refractivity contribution >= 4 is 27.4 Å². The maximum Gasteiger partial charge on any atom is 0.252 e. The Hall–Kier alpha value is -1.92. The van der Waals surface area contributed by atoms with Gasteiger partial charge in [-0.15, -0.1) is 0 Å². The molecule has 0 unspecified atom stereocenters. The number of thiazole rings is 1. The van der Waals surface area contributed by atoms with E-state index in [1.807, 2.05) is 12.1 Å². The average molecular weight is 291 g/mol. The zero-order valence-electron chi connectivity index (χ0n) is 11.5. The molecule has 0 saturated heterocycles. The Morgan fingerprint density at radius 1 is 1.40 bits per heavy atom. The third-order valence-corrected chi connectivity index (χ3v) is 3.61. The molecule has 0 atom stereocenters. The van der Waals surface area contributed by atoms with Gasteiger partial charge in [-0.2, -0.15) is 0 Å². The third kappa shape index (κ3) is 3.34. The van der Waals surface area contributed by atoms with Gasteiger partial charge in [-0.25, -0.2) is 4.98 Å². The van der Waals surface area contributed by atoms with Crippen LogP contribution < -0.4 is 11.1 Å². The van der Waals surface area contributed by atoms with Crippen molar-refractivity contribution in [3.63, 3.8) is 0 Å². The predicted octanol–water partition coefficient (Wildman–Crippen LogP) is 2.54. The molecule has 2 rings (SSSR count). The second-order valence-corrected chi connectivity index (χ2v) is 5.29. The molecule has 20 heavy (non-hydrogen) atoms. The molecular formula is C14H17N3O2S. The van der Waals surface area contributed by atoms with Gasteiger partial charge < -0.3 is 10.5 Å². The molecule has 0 aliphatic rings. The third-order valence-electron chi connectivity index (χ3n) is 2.81. The minimum atomic E-state index is -0.242. The Labute approximate surface area is 121 Å². The fourth-order valence-corrected chi connectivity index (χ4v) is 2.55. The molecule has 3 N–H and O–H groups in total. The van der Waals surface area contributed by atoms with Gasteiger partial charge in [-0.05, 0) is 12.0 Å². The van der Waals surface area contributed by atoms with Crippen molar-refractivity contribution in [3.8, 4) is 11.3 Å². The topological polar surface area (TPSA) is 77.2 Å². The number of nitrogens with one attached hydrogen (secondary N) is 1. The summed E-state index contributed by atoms with van der Waals surface area (Å²) >= 11 is 1.25. The second kappa shape index (κ2) is 6.49. The van der Waals surface area contributed by atoms with Gasteiger partial charge in [0.1, 0.15) is 17.3 Å². The Morgan fingerprint density at radius 2 is 2.10 bits per heavy atom. The first kappa shape index (κ1) is 14.5. The van der Waals surface area contributed by atoms with E-state index < -0.39 is 0 Å². The summed E-state index contributed by atoms with van der Waals surface area (Å²) in [5, 5.41) is 3.73. The average Bonchev–Trinajstić information content (AvgIpc) is 2.80. The van der Waals surface area contributed by atoms with Gasteiger partial charge in [0.2, 0.25) is 0 Å². The SMILES string of the molecule is CCc1ccc(-c2nc(NC(=O)COC)sc2N)cc1. The summed E-state index contributed by atoms with van der Waals surface area (Å²) in [6.45, 7) is 2.11. The number of hydrogen-bond donors (Lipinski definition) is 2. The van der Waals surface area contributed by atoms with Gasteiger partial charge in [-0.3, -0.25) is 10.1 Å².